The summed E-state index contributed by atoms with van der Waals surface area (Å²) in [7, 11) is 1.35. The van der Waals surface area contributed by atoms with E-state index in [1.165, 1.54) is 7.11 Å². The van der Waals surface area contributed by atoms with Crippen LogP contribution in [-0.2, 0) is 19.1 Å². The molecule has 0 aromatic rings. The van der Waals surface area contributed by atoms with Crippen molar-refractivity contribution in [2.24, 2.45) is 5.92 Å². The van der Waals surface area contributed by atoms with E-state index in [1.54, 1.807) is 0 Å². The first-order chi connectivity index (χ1) is 8.70. The maximum absolute atomic E-state index is 11.9. The molecule has 2 unspecified atom stereocenters. The number of esters is 1. The van der Waals surface area contributed by atoms with Crippen LogP contribution in [0.15, 0.2) is 0 Å². The number of rotatable bonds is 5. The summed E-state index contributed by atoms with van der Waals surface area (Å²) < 4.78 is 9.99. The molecule has 1 saturated heterocycles. The summed E-state index contributed by atoms with van der Waals surface area (Å²) in [6.45, 7) is 1.99. The van der Waals surface area contributed by atoms with E-state index in [9.17, 15) is 9.59 Å². The molecule has 2 atom stereocenters. The van der Waals surface area contributed by atoms with Gasteiger partial charge in [-0.1, -0.05) is 0 Å². The molecule has 2 N–H and O–H groups in total. The predicted octanol–water partition coefficient (Wildman–Crippen LogP) is -0.567. The van der Waals surface area contributed by atoms with Gasteiger partial charge in [-0.2, -0.15) is 0 Å². The van der Waals surface area contributed by atoms with E-state index in [1.807, 2.05) is 0 Å². The van der Waals surface area contributed by atoms with Crippen LogP contribution >= 0.6 is 0 Å². The Morgan fingerprint density at radius 2 is 2.28 bits per heavy atom. The molecule has 2 aliphatic rings. The highest BCUT2D eigenvalue weighted by Gasteiger charge is 2.38. The Balaban J connectivity index is 1.79. The SMILES string of the molecule is COC(=O)C(NC(=O)CC1COCCN1)C1CC1. The third kappa shape index (κ3) is 3.68. The van der Waals surface area contributed by atoms with E-state index in [4.69, 9.17) is 9.47 Å². The molecule has 1 saturated carbocycles. The van der Waals surface area contributed by atoms with Crippen molar-refractivity contribution < 1.29 is 19.1 Å². The molecule has 2 fully saturated rings. The van der Waals surface area contributed by atoms with E-state index in [0.717, 1.165) is 19.4 Å². The number of nitrogens with one attached hydrogen (secondary N) is 2. The van der Waals surface area contributed by atoms with Gasteiger partial charge in [-0.3, -0.25) is 4.79 Å². The maximum atomic E-state index is 11.9. The van der Waals surface area contributed by atoms with Crippen molar-refractivity contribution in [3.05, 3.63) is 0 Å². The van der Waals surface area contributed by atoms with Gasteiger partial charge in [-0.15, -0.1) is 0 Å². The minimum atomic E-state index is -0.480. The van der Waals surface area contributed by atoms with Crippen molar-refractivity contribution in [2.45, 2.75) is 31.3 Å². The molecular weight excluding hydrogens is 236 g/mol. The molecule has 0 bridgehead atoms. The Morgan fingerprint density at radius 1 is 1.50 bits per heavy atom. The second kappa shape index (κ2) is 6.15. The number of hydrogen-bond acceptors (Lipinski definition) is 5. The van der Waals surface area contributed by atoms with Crippen LogP contribution in [-0.4, -0.2) is 50.8 Å². The van der Waals surface area contributed by atoms with Crippen LogP contribution in [0, 0.1) is 5.92 Å². The minimum Gasteiger partial charge on any atom is -0.467 e. The third-order valence-electron chi connectivity index (χ3n) is 3.30. The smallest absolute Gasteiger partial charge is 0.328 e. The highest BCUT2D eigenvalue weighted by molar-refractivity contribution is 5.85. The summed E-state index contributed by atoms with van der Waals surface area (Å²) in [6.07, 6.45) is 2.29. The van der Waals surface area contributed by atoms with Gasteiger partial charge in [0.25, 0.3) is 0 Å². The van der Waals surface area contributed by atoms with Crippen molar-refractivity contribution >= 4 is 11.9 Å². The molecule has 18 heavy (non-hydrogen) atoms. The summed E-state index contributed by atoms with van der Waals surface area (Å²) in [5.41, 5.74) is 0. The predicted molar refractivity (Wildman–Crippen MR) is 63.9 cm³/mol. The molecular formula is C12H20N2O4. The zero-order valence-electron chi connectivity index (χ0n) is 10.6. The number of amides is 1. The van der Waals surface area contributed by atoms with Gasteiger partial charge in [0, 0.05) is 19.0 Å². The molecule has 0 spiro atoms. The van der Waals surface area contributed by atoms with Crippen LogP contribution in [0.2, 0.25) is 0 Å². The average Bonchev–Trinajstić information content (AvgIpc) is 3.20. The molecule has 102 valence electrons. The van der Waals surface area contributed by atoms with Gasteiger partial charge < -0.3 is 20.1 Å². The lowest BCUT2D eigenvalue weighted by Crippen LogP contribution is -2.48. The van der Waals surface area contributed by atoms with E-state index < -0.39 is 6.04 Å². The number of carbonyl (C=O) groups excluding carboxylic acids is 2. The zero-order chi connectivity index (χ0) is 13.0. The van der Waals surface area contributed by atoms with E-state index in [2.05, 4.69) is 10.6 Å². The normalized spacial score (nSPS) is 25.3. The number of hydrogen-bond donors (Lipinski definition) is 2. The molecule has 2 rings (SSSR count). The molecule has 6 heteroatoms. The fourth-order valence-electron chi connectivity index (χ4n) is 2.13. The largest absolute Gasteiger partial charge is 0.467 e. The Bertz CT molecular complexity index is 311. The molecule has 1 aliphatic carbocycles. The van der Waals surface area contributed by atoms with E-state index in [0.29, 0.717) is 19.6 Å². The lowest BCUT2D eigenvalue weighted by molar-refractivity contribution is -0.145. The van der Waals surface area contributed by atoms with E-state index in [-0.39, 0.29) is 23.8 Å². The van der Waals surface area contributed by atoms with Gasteiger partial charge in [0.1, 0.15) is 6.04 Å². The highest BCUT2D eigenvalue weighted by Crippen LogP contribution is 2.33. The highest BCUT2D eigenvalue weighted by atomic mass is 16.5. The van der Waals surface area contributed by atoms with E-state index >= 15 is 0 Å². The van der Waals surface area contributed by atoms with Crippen molar-refractivity contribution in [1.82, 2.24) is 10.6 Å². The van der Waals surface area contributed by atoms with Gasteiger partial charge in [0.15, 0.2) is 0 Å². The van der Waals surface area contributed by atoms with Gasteiger partial charge in [-0.05, 0) is 18.8 Å². The average molecular weight is 256 g/mol. The summed E-state index contributed by atoms with van der Waals surface area (Å²) in [5.74, 6) is -0.226. The first-order valence-electron chi connectivity index (χ1n) is 6.39. The summed E-state index contributed by atoms with van der Waals surface area (Å²) >= 11 is 0. The first-order valence-corrected chi connectivity index (χ1v) is 6.39. The zero-order valence-corrected chi connectivity index (χ0v) is 10.6. The number of morpholine rings is 1. The molecule has 0 aromatic heterocycles. The standard InChI is InChI=1S/C12H20N2O4/c1-17-12(16)11(8-2-3-8)14-10(15)6-9-7-18-5-4-13-9/h8-9,11,13H,2-7H2,1H3,(H,14,15). The fourth-order valence-corrected chi connectivity index (χ4v) is 2.13. The molecule has 1 amide bonds. The second-order valence-corrected chi connectivity index (χ2v) is 4.84. The molecule has 0 radical (unpaired) electrons. The van der Waals surface area contributed by atoms with Crippen molar-refractivity contribution in [3.63, 3.8) is 0 Å². The Morgan fingerprint density at radius 3 is 2.83 bits per heavy atom. The van der Waals surface area contributed by atoms with Gasteiger partial charge >= 0.3 is 5.97 Å². The summed E-state index contributed by atoms with van der Waals surface area (Å²) in [5, 5.41) is 5.98. The lowest BCUT2D eigenvalue weighted by atomic mass is 10.1. The number of ether oxygens (including phenoxy) is 2. The maximum Gasteiger partial charge on any atom is 0.328 e. The number of methoxy groups -OCH3 is 1. The van der Waals surface area contributed by atoms with Gasteiger partial charge in [0.2, 0.25) is 5.91 Å². The van der Waals surface area contributed by atoms with Crippen LogP contribution in [0.3, 0.4) is 0 Å². The quantitative estimate of drug-likeness (QED) is 0.644. The van der Waals surface area contributed by atoms with Crippen LogP contribution in [0.5, 0.6) is 0 Å². The van der Waals surface area contributed by atoms with Crippen LogP contribution in [0.25, 0.3) is 0 Å². The third-order valence-corrected chi connectivity index (χ3v) is 3.30. The first kappa shape index (κ1) is 13.3. The van der Waals surface area contributed by atoms with Crippen LogP contribution in [0.1, 0.15) is 19.3 Å². The molecule has 1 heterocycles. The lowest BCUT2D eigenvalue weighted by Gasteiger charge is -2.24. The van der Waals surface area contributed by atoms with Crippen molar-refractivity contribution in [2.75, 3.05) is 26.9 Å². The van der Waals surface area contributed by atoms with Crippen molar-refractivity contribution in [1.29, 1.82) is 0 Å². The van der Waals surface area contributed by atoms with Crippen LogP contribution < -0.4 is 10.6 Å². The summed E-state index contributed by atoms with van der Waals surface area (Å²) in [6, 6.07) is -0.441. The minimum absolute atomic E-state index is 0.0382. The van der Waals surface area contributed by atoms with Crippen molar-refractivity contribution in [3.8, 4) is 0 Å². The number of carbonyl (C=O) groups is 2. The van der Waals surface area contributed by atoms with Crippen LogP contribution in [0.4, 0.5) is 0 Å². The topological polar surface area (TPSA) is 76.7 Å². The Kier molecular flexibility index (Phi) is 4.54. The monoisotopic (exact) mass is 256 g/mol. The Hall–Kier alpha value is -1.14. The van der Waals surface area contributed by atoms with Gasteiger partial charge in [-0.25, -0.2) is 4.79 Å². The van der Waals surface area contributed by atoms with Gasteiger partial charge in [0.05, 0.1) is 20.3 Å². The fraction of sp³-hybridized carbons (Fsp3) is 0.833. The molecule has 1 aliphatic heterocycles. The summed E-state index contributed by atoms with van der Waals surface area (Å²) in [4.78, 5) is 23.4. The molecule has 0 aromatic carbocycles. The molecule has 6 nitrogen and oxygen atoms in total. The second-order valence-electron chi connectivity index (χ2n) is 4.84. The Labute approximate surface area is 106 Å².